The second kappa shape index (κ2) is 5.79. The lowest BCUT2D eigenvalue weighted by atomic mass is 10.3. The number of fused-ring (bicyclic) bond motifs is 1. The fraction of sp³-hybridized carbons (Fsp3) is 0.143. The molecule has 0 saturated heterocycles. The molecule has 0 saturated carbocycles. The van der Waals surface area contributed by atoms with Gasteiger partial charge >= 0.3 is 0 Å². The van der Waals surface area contributed by atoms with E-state index in [0.717, 1.165) is 10.2 Å². The molecule has 0 radical (unpaired) electrons. The Bertz CT molecular complexity index is 875. The standard InChI is InChI=1S/C14H10BrClN2O2S/c1-8-7-21-14-17-10(5-13(19)18(8)14)6-20-12-3-2-9(15)4-11(12)16/h2-5,7H,6H2,1H3. The van der Waals surface area contributed by atoms with Gasteiger partial charge in [-0.3, -0.25) is 9.20 Å². The number of thiazole rings is 1. The Morgan fingerprint density at radius 3 is 3.00 bits per heavy atom. The molecule has 0 N–H and O–H groups in total. The predicted octanol–water partition coefficient (Wildman–Crippen LogP) is 4.06. The van der Waals surface area contributed by atoms with Crippen LogP contribution in [0.4, 0.5) is 0 Å². The van der Waals surface area contributed by atoms with Crippen molar-refractivity contribution < 1.29 is 4.74 Å². The van der Waals surface area contributed by atoms with Crippen LogP contribution in [0.5, 0.6) is 5.75 Å². The first-order valence-corrected chi connectivity index (χ1v) is 8.14. The van der Waals surface area contributed by atoms with Gasteiger partial charge in [-0.05, 0) is 25.1 Å². The van der Waals surface area contributed by atoms with Crippen molar-refractivity contribution in [3.63, 3.8) is 0 Å². The van der Waals surface area contributed by atoms with Crippen LogP contribution < -0.4 is 10.3 Å². The fourth-order valence-electron chi connectivity index (χ4n) is 1.92. The lowest BCUT2D eigenvalue weighted by Crippen LogP contribution is -2.16. The van der Waals surface area contributed by atoms with Crippen LogP contribution in [0.2, 0.25) is 5.02 Å². The van der Waals surface area contributed by atoms with Crippen molar-refractivity contribution in [2.75, 3.05) is 0 Å². The average Bonchev–Trinajstić information content (AvgIpc) is 2.80. The van der Waals surface area contributed by atoms with Gasteiger partial charge in [-0.25, -0.2) is 4.98 Å². The Kier molecular flexibility index (Phi) is 4.01. The maximum Gasteiger partial charge on any atom is 0.259 e. The van der Waals surface area contributed by atoms with Crippen molar-refractivity contribution in [2.24, 2.45) is 0 Å². The average molecular weight is 386 g/mol. The normalized spacial score (nSPS) is 11.0. The maximum absolute atomic E-state index is 12.0. The maximum atomic E-state index is 12.0. The molecule has 0 aliphatic heterocycles. The van der Waals surface area contributed by atoms with Crippen LogP contribution in [0.25, 0.3) is 4.96 Å². The summed E-state index contributed by atoms with van der Waals surface area (Å²) in [7, 11) is 0. The summed E-state index contributed by atoms with van der Waals surface area (Å²) < 4.78 is 8.10. The summed E-state index contributed by atoms with van der Waals surface area (Å²) >= 11 is 10.9. The van der Waals surface area contributed by atoms with E-state index in [2.05, 4.69) is 20.9 Å². The van der Waals surface area contributed by atoms with Crippen LogP contribution in [-0.2, 0) is 6.61 Å². The Labute approximate surface area is 138 Å². The number of hydrogen-bond acceptors (Lipinski definition) is 4. The first-order chi connectivity index (χ1) is 10.0. The van der Waals surface area contributed by atoms with Gasteiger partial charge in [0.1, 0.15) is 12.4 Å². The molecular formula is C14H10BrClN2O2S. The quantitative estimate of drug-likeness (QED) is 0.683. The minimum Gasteiger partial charge on any atom is -0.486 e. The number of aryl methyl sites for hydroxylation is 1. The molecule has 0 aliphatic carbocycles. The van der Waals surface area contributed by atoms with Crippen molar-refractivity contribution in [1.82, 2.24) is 9.38 Å². The van der Waals surface area contributed by atoms with Crippen molar-refractivity contribution in [1.29, 1.82) is 0 Å². The third-order valence-electron chi connectivity index (χ3n) is 2.90. The number of aromatic nitrogens is 2. The first-order valence-electron chi connectivity index (χ1n) is 6.09. The number of rotatable bonds is 3. The Balaban J connectivity index is 1.87. The minimum atomic E-state index is -0.0979. The van der Waals surface area contributed by atoms with Gasteiger partial charge in [0.25, 0.3) is 5.56 Å². The molecule has 0 bridgehead atoms. The van der Waals surface area contributed by atoms with Gasteiger partial charge < -0.3 is 4.74 Å². The lowest BCUT2D eigenvalue weighted by molar-refractivity contribution is 0.301. The van der Waals surface area contributed by atoms with Crippen molar-refractivity contribution in [3.05, 3.63) is 60.9 Å². The number of ether oxygens (including phenoxy) is 1. The third-order valence-corrected chi connectivity index (χ3v) is 4.63. The highest BCUT2D eigenvalue weighted by atomic mass is 79.9. The van der Waals surface area contributed by atoms with Gasteiger partial charge in [0.15, 0.2) is 4.96 Å². The molecule has 1 aromatic carbocycles. The highest BCUT2D eigenvalue weighted by Crippen LogP contribution is 2.28. The van der Waals surface area contributed by atoms with E-state index >= 15 is 0 Å². The fourth-order valence-corrected chi connectivity index (χ4v) is 3.54. The Hall–Kier alpha value is -1.37. The van der Waals surface area contributed by atoms with Gasteiger partial charge in [0, 0.05) is 21.6 Å². The SMILES string of the molecule is Cc1csc2nc(COc3ccc(Br)cc3Cl)cc(=O)n12. The van der Waals surface area contributed by atoms with Crippen LogP contribution in [-0.4, -0.2) is 9.38 Å². The molecule has 0 atom stereocenters. The van der Waals surface area contributed by atoms with E-state index in [4.69, 9.17) is 16.3 Å². The molecule has 3 aromatic rings. The zero-order chi connectivity index (χ0) is 15.0. The monoisotopic (exact) mass is 384 g/mol. The van der Waals surface area contributed by atoms with Crippen molar-refractivity contribution >= 4 is 43.8 Å². The molecule has 4 nitrogen and oxygen atoms in total. The van der Waals surface area contributed by atoms with E-state index in [1.54, 1.807) is 16.5 Å². The number of halogens is 2. The number of benzene rings is 1. The van der Waals surface area contributed by atoms with Gasteiger partial charge in [0.2, 0.25) is 0 Å². The zero-order valence-electron chi connectivity index (χ0n) is 11.0. The van der Waals surface area contributed by atoms with E-state index in [1.807, 2.05) is 18.4 Å². The first kappa shape index (κ1) is 14.6. The smallest absolute Gasteiger partial charge is 0.259 e. The molecule has 0 fully saturated rings. The predicted molar refractivity (Wildman–Crippen MR) is 87.6 cm³/mol. The lowest BCUT2D eigenvalue weighted by Gasteiger charge is -2.08. The summed E-state index contributed by atoms with van der Waals surface area (Å²) in [6, 6.07) is 6.85. The Morgan fingerprint density at radius 1 is 1.43 bits per heavy atom. The van der Waals surface area contributed by atoms with Crippen LogP contribution in [0.15, 0.2) is 38.9 Å². The van der Waals surface area contributed by atoms with Crippen LogP contribution in [0.1, 0.15) is 11.4 Å². The molecule has 0 unspecified atom stereocenters. The summed E-state index contributed by atoms with van der Waals surface area (Å²) in [6.07, 6.45) is 0. The largest absolute Gasteiger partial charge is 0.486 e. The summed E-state index contributed by atoms with van der Waals surface area (Å²) in [4.78, 5) is 17.1. The molecule has 21 heavy (non-hydrogen) atoms. The molecule has 108 valence electrons. The van der Waals surface area contributed by atoms with Crippen molar-refractivity contribution in [2.45, 2.75) is 13.5 Å². The highest BCUT2D eigenvalue weighted by Gasteiger charge is 2.08. The van der Waals surface area contributed by atoms with Gasteiger partial charge in [-0.1, -0.05) is 27.5 Å². The van der Waals surface area contributed by atoms with E-state index in [9.17, 15) is 4.79 Å². The Morgan fingerprint density at radius 2 is 2.24 bits per heavy atom. The summed E-state index contributed by atoms with van der Waals surface area (Å²) in [6.45, 7) is 2.08. The number of hydrogen-bond donors (Lipinski definition) is 0. The van der Waals surface area contributed by atoms with Gasteiger partial charge in [0.05, 0.1) is 10.7 Å². The van der Waals surface area contributed by atoms with Crippen molar-refractivity contribution in [3.8, 4) is 5.75 Å². The summed E-state index contributed by atoms with van der Waals surface area (Å²) in [5.41, 5.74) is 1.37. The van der Waals surface area contributed by atoms with E-state index in [-0.39, 0.29) is 12.2 Å². The third kappa shape index (κ3) is 2.97. The summed E-state index contributed by atoms with van der Waals surface area (Å²) in [5.74, 6) is 0.559. The van der Waals surface area contributed by atoms with Crippen LogP contribution in [0, 0.1) is 6.92 Å². The van der Waals surface area contributed by atoms with Gasteiger partial charge in [-0.2, -0.15) is 0 Å². The summed E-state index contributed by atoms with van der Waals surface area (Å²) in [5, 5.41) is 2.41. The molecule has 2 heterocycles. The minimum absolute atomic E-state index is 0.0979. The van der Waals surface area contributed by atoms with E-state index in [1.165, 1.54) is 17.4 Å². The zero-order valence-corrected chi connectivity index (χ0v) is 14.1. The van der Waals surface area contributed by atoms with Crippen LogP contribution in [0.3, 0.4) is 0 Å². The highest BCUT2D eigenvalue weighted by molar-refractivity contribution is 9.10. The van der Waals surface area contributed by atoms with Crippen LogP contribution >= 0.6 is 38.9 Å². The molecule has 7 heteroatoms. The second-order valence-corrected chi connectivity index (χ2v) is 6.60. The topological polar surface area (TPSA) is 43.6 Å². The molecule has 2 aromatic heterocycles. The molecular weight excluding hydrogens is 376 g/mol. The second-order valence-electron chi connectivity index (χ2n) is 4.44. The molecule has 3 rings (SSSR count). The number of nitrogens with zero attached hydrogens (tertiary/aromatic N) is 2. The molecule has 0 amide bonds. The van der Waals surface area contributed by atoms with E-state index < -0.39 is 0 Å². The van der Waals surface area contributed by atoms with E-state index in [0.29, 0.717) is 21.4 Å². The van der Waals surface area contributed by atoms with Gasteiger partial charge in [-0.15, -0.1) is 11.3 Å². The molecule has 0 aliphatic rings. The molecule has 0 spiro atoms.